The number of hydrogen-bond donors (Lipinski definition) is 1. The molecule has 0 bridgehead atoms. The Kier molecular flexibility index (Phi) is 7.41. The summed E-state index contributed by atoms with van der Waals surface area (Å²) in [6, 6.07) is 13.5. The maximum atomic E-state index is 12.9. The van der Waals surface area contributed by atoms with Crippen LogP contribution in [-0.4, -0.2) is 39.1 Å². The molecule has 1 aliphatic rings. The van der Waals surface area contributed by atoms with E-state index in [0.717, 1.165) is 44.5 Å². The Balaban J connectivity index is 0.00000225. The van der Waals surface area contributed by atoms with Crippen molar-refractivity contribution in [2.45, 2.75) is 29.4 Å². The minimum Gasteiger partial charge on any atom is -0.507 e. The van der Waals surface area contributed by atoms with E-state index in [1.54, 1.807) is 18.2 Å². The summed E-state index contributed by atoms with van der Waals surface area (Å²) < 4.78 is 25.5. The molecule has 1 aliphatic heterocycles. The fraction of sp³-hybridized carbons (Fsp3) is 0.368. The van der Waals surface area contributed by atoms with E-state index in [0.29, 0.717) is 4.90 Å². The van der Waals surface area contributed by atoms with Gasteiger partial charge >= 0.3 is 0 Å². The van der Waals surface area contributed by atoms with Crippen LogP contribution in [0.5, 0.6) is 5.75 Å². The summed E-state index contributed by atoms with van der Waals surface area (Å²) in [6.07, 6.45) is 2.63. The summed E-state index contributed by atoms with van der Waals surface area (Å²) in [5.74, 6) is -0.0826. The summed E-state index contributed by atoms with van der Waals surface area (Å²) in [7, 11) is -1.16. The predicted molar refractivity (Wildman–Crippen MR) is 101 cm³/mol. The van der Waals surface area contributed by atoms with Gasteiger partial charge in [0.05, 0.1) is 15.7 Å². The minimum absolute atomic E-state index is 0. The van der Waals surface area contributed by atoms with Crippen LogP contribution < -0.4 is 0 Å². The maximum Gasteiger partial charge on any atom is 0.131 e. The van der Waals surface area contributed by atoms with E-state index in [1.807, 2.05) is 18.2 Å². The average molecular weight is 384 g/mol. The molecule has 3 nitrogen and oxygen atoms in total. The Morgan fingerprint density at radius 2 is 1.72 bits per heavy atom. The van der Waals surface area contributed by atoms with Crippen LogP contribution in [0.3, 0.4) is 0 Å². The first kappa shape index (κ1) is 19.9. The standard InChI is InChI=1S/C19H22FNO2S.ClH/c20-16-7-5-15(6-8-16)9-12-21-13-10-17(11-14-21)24(23)19-4-2-1-3-18(19)22;/h1-8,17,22H,9-14H2;1H. The van der Waals surface area contributed by atoms with Crippen molar-refractivity contribution in [2.24, 2.45) is 0 Å². The number of nitrogens with zero attached hydrogens (tertiary/aromatic N) is 1. The Morgan fingerprint density at radius 3 is 2.36 bits per heavy atom. The minimum atomic E-state index is -1.16. The molecule has 1 saturated heterocycles. The number of rotatable bonds is 5. The van der Waals surface area contributed by atoms with Crippen LogP contribution >= 0.6 is 12.4 Å². The molecule has 0 aliphatic carbocycles. The second-order valence-electron chi connectivity index (χ2n) is 6.18. The van der Waals surface area contributed by atoms with Crippen molar-refractivity contribution in [1.82, 2.24) is 4.90 Å². The van der Waals surface area contributed by atoms with Gasteiger partial charge in [0.2, 0.25) is 0 Å². The zero-order valence-corrected chi connectivity index (χ0v) is 15.6. The number of para-hydroxylation sites is 1. The Bertz CT molecular complexity index is 703. The van der Waals surface area contributed by atoms with Crippen molar-refractivity contribution in [3.05, 3.63) is 59.9 Å². The molecule has 1 heterocycles. The van der Waals surface area contributed by atoms with E-state index in [-0.39, 0.29) is 29.2 Å². The highest BCUT2D eigenvalue weighted by molar-refractivity contribution is 7.85. The lowest BCUT2D eigenvalue weighted by molar-refractivity contribution is 0.234. The zero-order chi connectivity index (χ0) is 16.9. The lowest BCUT2D eigenvalue weighted by Crippen LogP contribution is -2.38. The highest BCUT2D eigenvalue weighted by Gasteiger charge is 2.25. The molecule has 1 atom stereocenters. The van der Waals surface area contributed by atoms with Gasteiger partial charge in [0.15, 0.2) is 0 Å². The Labute approximate surface area is 156 Å². The molecule has 1 fully saturated rings. The van der Waals surface area contributed by atoms with Crippen molar-refractivity contribution in [3.63, 3.8) is 0 Å². The van der Waals surface area contributed by atoms with Gasteiger partial charge in [-0.3, -0.25) is 4.21 Å². The number of hydrogen-bond acceptors (Lipinski definition) is 3. The molecular formula is C19H23ClFNO2S. The molecule has 0 radical (unpaired) electrons. The van der Waals surface area contributed by atoms with E-state index < -0.39 is 10.8 Å². The van der Waals surface area contributed by atoms with Gasteiger partial charge in [0, 0.05) is 11.8 Å². The van der Waals surface area contributed by atoms with E-state index in [1.165, 1.54) is 12.1 Å². The number of aromatic hydroxyl groups is 1. The molecule has 25 heavy (non-hydrogen) atoms. The van der Waals surface area contributed by atoms with Gasteiger partial charge < -0.3 is 10.0 Å². The number of likely N-dealkylation sites (tertiary alicyclic amines) is 1. The van der Waals surface area contributed by atoms with Crippen LogP contribution in [0.25, 0.3) is 0 Å². The predicted octanol–water partition coefficient (Wildman–Crippen LogP) is 3.77. The first-order valence-electron chi connectivity index (χ1n) is 8.29. The fourth-order valence-electron chi connectivity index (χ4n) is 3.09. The van der Waals surface area contributed by atoms with Crippen LogP contribution in [-0.2, 0) is 17.2 Å². The van der Waals surface area contributed by atoms with E-state index >= 15 is 0 Å². The lowest BCUT2D eigenvalue weighted by Gasteiger charge is -2.31. The van der Waals surface area contributed by atoms with Gasteiger partial charge in [0.25, 0.3) is 0 Å². The van der Waals surface area contributed by atoms with E-state index in [4.69, 9.17) is 0 Å². The second-order valence-corrected chi connectivity index (χ2v) is 7.88. The molecule has 1 unspecified atom stereocenters. The summed E-state index contributed by atoms with van der Waals surface area (Å²) in [5, 5.41) is 9.96. The first-order valence-corrected chi connectivity index (χ1v) is 9.50. The molecule has 3 rings (SSSR count). The first-order chi connectivity index (χ1) is 11.6. The van der Waals surface area contributed by atoms with Crippen LogP contribution in [0.1, 0.15) is 18.4 Å². The fourth-order valence-corrected chi connectivity index (χ4v) is 4.58. The average Bonchev–Trinajstić information content (AvgIpc) is 2.61. The van der Waals surface area contributed by atoms with Gasteiger partial charge in [-0.2, -0.15) is 0 Å². The largest absolute Gasteiger partial charge is 0.507 e. The third kappa shape index (κ3) is 5.27. The van der Waals surface area contributed by atoms with Crippen LogP contribution in [0.2, 0.25) is 0 Å². The van der Waals surface area contributed by atoms with Crippen molar-refractivity contribution in [3.8, 4) is 5.75 Å². The van der Waals surface area contributed by atoms with Gasteiger partial charge in [-0.05, 0) is 62.2 Å². The van der Waals surface area contributed by atoms with Crippen molar-refractivity contribution < 1.29 is 13.7 Å². The quantitative estimate of drug-likeness (QED) is 0.854. The molecule has 2 aromatic rings. The molecule has 0 aromatic heterocycles. The lowest BCUT2D eigenvalue weighted by atomic mass is 10.1. The van der Waals surface area contributed by atoms with E-state index in [2.05, 4.69) is 4.90 Å². The topological polar surface area (TPSA) is 40.5 Å². The van der Waals surface area contributed by atoms with Crippen molar-refractivity contribution in [2.75, 3.05) is 19.6 Å². The van der Waals surface area contributed by atoms with Gasteiger partial charge in [-0.15, -0.1) is 12.4 Å². The Hall–Kier alpha value is -1.43. The normalized spacial score (nSPS) is 17.0. The summed E-state index contributed by atoms with van der Waals surface area (Å²) in [5.41, 5.74) is 1.14. The van der Waals surface area contributed by atoms with Gasteiger partial charge in [-0.1, -0.05) is 24.3 Å². The number of phenolic OH excluding ortho intramolecular Hbond substituents is 1. The molecule has 0 amide bonds. The molecule has 136 valence electrons. The molecule has 6 heteroatoms. The highest BCUT2D eigenvalue weighted by atomic mass is 35.5. The molecular weight excluding hydrogens is 361 g/mol. The molecule has 2 aromatic carbocycles. The zero-order valence-electron chi connectivity index (χ0n) is 13.9. The third-order valence-electron chi connectivity index (χ3n) is 4.55. The second kappa shape index (κ2) is 9.32. The smallest absolute Gasteiger partial charge is 0.131 e. The van der Waals surface area contributed by atoms with E-state index in [9.17, 15) is 13.7 Å². The molecule has 1 N–H and O–H groups in total. The monoisotopic (exact) mass is 383 g/mol. The Morgan fingerprint density at radius 1 is 1.08 bits per heavy atom. The van der Waals surface area contributed by atoms with Gasteiger partial charge in [-0.25, -0.2) is 4.39 Å². The van der Waals surface area contributed by atoms with Crippen LogP contribution in [0.4, 0.5) is 4.39 Å². The number of piperidine rings is 1. The summed E-state index contributed by atoms with van der Waals surface area (Å²) in [4.78, 5) is 2.91. The number of phenols is 1. The van der Waals surface area contributed by atoms with Crippen LogP contribution in [0, 0.1) is 5.82 Å². The van der Waals surface area contributed by atoms with Crippen molar-refractivity contribution in [1.29, 1.82) is 0 Å². The van der Waals surface area contributed by atoms with Crippen molar-refractivity contribution >= 4 is 23.2 Å². The van der Waals surface area contributed by atoms with Crippen LogP contribution in [0.15, 0.2) is 53.4 Å². The summed E-state index contributed by atoms with van der Waals surface area (Å²) >= 11 is 0. The number of benzene rings is 2. The summed E-state index contributed by atoms with van der Waals surface area (Å²) in [6.45, 7) is 2.75. The molecule has 0 saturated carbocycles. The molecule has 0 spiro atoms. The SMILES string of the molecule is Cl.O=S(c1ccccc1O)C1CCN(CCc2ccc(F)cc2)CC1. The third-order valence-corrected chi connectivity index (χ3v) is 6.40. The van der Waals surface area contributed by atoms with Gasteiger partial charge in [0.1, 0.15) is 11.6 Å². The highest BCUT2D eigenvalue weighted by Crippen LogP contribution is 2.27. The number of halogens is 2. The maximum absolute atomic E-state index is 12.9.